The molecule has 17 heavy (non-hydrogen) atoms. The van der Waals surface area contributed by atoms with Gasteiger partial charge in [-0.2, -0.15) is 0 Å². The first-order valence-corrected chi connectivity index (χ1v) is 7.21. The van der Waals surface area contributed by atoms with Crippen LogP contribution in [0.15, 0.2) is 12.1 Å². The fourth-order valence-corrected chi connectivity index (χ4v) is 2.41. The molecule has 0 N–H and O–H groups in total. The molecule has 1 rings (SSSR count). The molecule has 1 unspecified atom stereocenters. The van der Waals surface area contributed by atoms with Gasteiger partial charge in [-0.3, -0.25) is 0 Å². The minimum Gasteiger partial charge on any atom is -0.302 e. The van der Waals surface area contributed by atoms with E-state index in [9.17, 15) is 0 Å². The van der Waals surface area contributed by atoms with Crippen LogP contribution in [-0.2, 0) is 6.54 Å². The lowest BCUT2D eigenvalue weighted by Crippen LogP contribution is -2.21. The van der Waals surface area contributed by atoms with Gasteiger partial charge in [0, 0.05) is 11.4 Å². The van der Waals surface area contributed by atoms with Crippen LogP contribution in [0, 0.1) is 20.8 Å². The molecule has 1 aromatic carbocycles. The molecule has 0 saturated heterocycles. The maximum Gasteiger partial charge on any atom is 0.0235 e. The summed E-state index contributed by atoms with van der Waals surface area (Å²) in [5.74, 6) is 0. The van der Waals surface area contributed by atoms with E-state index in [1.54, 1.807) is 0 Å². The summed E-state index contributed by atoms with van der Waals surface area (Å²) in [6.45, 7) is 11.0. The Balaban J connectivity index is 2.68. The summed E-state index contributed by atoms with van der Waals surface area (Å²) in [6.07, 6.45) is 1.19. The highest BCUT2D eigenvalue weighted by atomic mass is 79.9. The first-order chi connectivity index (χ1) is 7.90. The lowest BCUT2D eigenvalue weighted by Gasteiger charge is -2.20. The van der Waals surface area contributed by atoms with Crippen LogP contribution in [0.25, 0.3) is 0 Å². The summed E-state index contributed by atoms with van der Waals surface area (Å²) >= 11 is 3.60. The molecule has 0 radical (unpaired) electrons. The fraction of sp³-hybridized carbons (Fsp3) is 0.600. The van der Waals surface area contributed by atoms with E-state index in [2.05, 4.69) is 67.7 Å². The van der Waals surface area contributed by atoms with Crippen molar-refractivity contribution in [3.8, 4) is 0 Å². The molecule has 1 atom stereocenters. The molecule has 0 fully saturated rings. The summed E-state index contributed by atoms with van der Waals surface area (Å²) in [5.41, 5.74) is 5.68. The number of hydrogen-bond donors (Lipinski definition) is 0. The third kappa shape index (κ3) is 4.81. The van der Waals surface area contributed by atoms with Gasteiger partial charge in [0.1, 0.15) is 0 Å². The molecule has 0 aliphatic heterocycles. The standard InChI is InChI=1S/C15H24BrN/c1-11-8-12(2)15(13(3)9-11)10-17(5)7-6-14(4)16/h8-9,14H,6-7,10H2,1-5H3. The summed E-state index contributed by atoms with van der Waals surface area (Å²) in [6, 6.07) is 4.56. The van der Waals surface area contributed by atoms with E-state index in [0.29, 0.717) is 4.83 Å². The average Bonchev–Trinajstić information content (AvgIpc) is 2.20. The zero-order chi connectivity index (χ0) is 13.0. The molecule has 0 bridgehead atoms. The van der Waals surface area contributed by atoms with Crippen molar-refractivity contribution in [3.05, 3.63) is 34.4 Å². The van der Waals surface area contributed by atoms with E-state index in [-0.39, 0.29) is 0 Å². The van der Waals surface area contributed by atoms with Gasteiger partial charge in [0.15, 0.2) is 0 Å². The Labute approximate surface area is 114 Å². The Bertz CT molecular complexity index is 348. The Hall–Kier alpha value is -0.340. The van der Waals surface area contributed by atoms with Gasteiger partial charge in [-0.05, 0) is 57.5 Å². The van der Waals surface area contributed by atoms with Crippen LogP contribution < -0.4 is 0 Å². The van der Waals surface area contributed by atoms with Gasteiger partial charge >= 0.3 is 0 Å². The second-order valence-electron chi connectivity index (χ2n) is 5.18. The summed E-state index contributed by atoms with van der Waals surface area (Å²) in [7, 11) is 2.20. The maximum absolute atomic E-state index is 3.60. The van der Waals surface area contributed by atoms with Gasteiger partial charge in [0.2, 0.25) is 0 Å². The van der Waals surface area contributed by atoms with Crippen LogP contribution in [0.2, 0.25) is 0 Å². The van der Waals surface area contributed by atoms with Crippen LogP contribution in [-0.4, -0.2) is 23.3 Å². The number of alkyl halides is 1. The minimum atomic E-state index is 0.602. The van der Waals surface area contributed by atoms with E-state index in [1.807, 2.05) is 0 Å². The van der Waals surface area contributed by atoms with E-state index < -0.39 is 0 Å². The van der Waals surface area contributed by atoms with Crippen LogP contribution in [0.4, 0.5) is 0 Å². The molecule has 0 aromatic heterocycles. The SMILES string of the molecule is Cc1cc(C)c(CN(C)CCC(C)Br)c(C)c1. The van der Waals surface area contributed by atoms with Crippen molar-refractivity contribution in [1.82, 2.24) is 4.90 Å². The fourth-order valence-electron chi connectivity index (χ4n) is 2.21. The third-order valence-corrected chi connectivity index (χ3v) is 3.63. The number of halogens is 1. The first kappa shape index (κ1) is 14.7. The number of hydrogen-bond acceptors (Lipinski definition) is 1. The minimum absolute atomic E-state index is 0.602. The molecule has 0 heterocycles. The van der Waals surface area contributed by atoms with E-state index in [1.165, 1.54) is 28.7 Å². The van der Waals surface area contributed by atoms with E-state index >= 15 is 0 Å². The van der Waals surface area contributed by atoms with Crippen molar-refractivity contribution in [2.75, 3.05) is 13.6 Å². The quantitative estimate of drug-likeness (QED) is 0.736. The number of aryl methyl sites for hydroxylation is 3. The summed E-state index contributed by atoms with van der Waals surface area (Å²) in [5, 5.41) is 0. The molecular formula is C15H24BrN. The highest BCUT2D eigenvalue weighted by Crippen LogP contribution is 2.18. The van der Waals surface area contributed by atoms with Crippen LogP contribution >= 0.6 is 15.9 Å². The molecular weight excluding hydrogens is 274 g/mol. The molecule has 0 aliphatic carbocycles. The van der Waals surface area contributed by atoms with Crippen molar-refractivity contribution in [3.63, 3.8) is 0 Å². The summed E-state index contributed by atoms with van der Waals surface area (Å²) < 4.78 is 0. The second kappa shape index (κ2) is 6.55. The normalized spacial score (nSPS) is 13.1. The average molecular weight is 298 g/mol. The largest absolute Gasteiger partial charge is 0.302 e. The van der Waals surface area contributed by atoms with Crippen molar-refractivity contribution in [2.24, 2.45) is 0 Å². The molecule has 2 heteroatoms. The zero-order valence-corrected chi connectivity index (χ0v) is 13.3. The van der Waals surface area contributed by atoms with Gasteiger partial charge in [0.05, 0.1) is 0 Å². The monoisotopic (exact) mass is 297 g/mol. The maximum atomic E-state index is 3.60. The Morgan fingerprint density at radius 1 is 1.18 bits per heavy atom. The molecule has 0 saturated carbocycles. The molecule has 96 valence electrons. The Kier molecular flexibility index (Phi) is 5.68. The summed E-state index contributed by atoms with van der Waals surface area (Å²) in [4.78, 5) is 3.01. The zero-order valence-electron chi connectivity index (χ0n) is 11.7. The second-order valence-corrected chi connectivity index (χ2v) is 6.75. The molecule has 0 aliphatic rings. The number of benzene rings is 1. The lowest BCUT2D eigenvalue weighted by molar-refractivity contribution is 0.321. The first-order valence-electron chi connectivity index (χ1n) is 6.29. The van der Waals surface area contributed by atoms with Gasteiger partial charge in [-0.15, -0.1) is 0 Å². The van der Waals surface area contributed by atoms with Crippen LogP contribution in [0.5, 0.6) is 0 Å². The van der Waals surface area contributed by atoms with Crippen LogP contribution in [0.1, 0.15) is 35.6 Å². The van der Waals surface area contributed by atoms with Gasteiger partial charge in [-0.1, -0.05) is 40.5 Å². The lowest BCUT2D eigenvalue weighted by atomic mass is 9.99. The van der Waals surface area contributed by atoms with Crippen molar-refractivity contribution in [2.45, 2.75) is 45.5 Å². The Morgan fingerprint density at radius 3 is 2.18 bits per heavy atom. The molecule has 1 nitrogen and oxygen atoms in total. The van der Waals surface area contributed by atoms with Crippen LogP contribution in [0.3, 0.4) is 0 Å². The number of rotatable bonds is 5. The van der Waals surface area contributed by atoms with E-state index in [4.69, 9.17) is 0 Å². The molecule has 0 amide bonds. The van der Waals surface area contributed by atoms with Crippen molar-refractivity contribution in [1.29, 1.82) is 0 Å². The highest BCUT2D eigenvalue weighted by molar-refractivity contribution is 9.09. The smallest absolute Gasteiger partial charge is 0.0235 e. The van der Waals surface area contributed by atoms with E-state index in [0.717, 1.165) is 13.1 Å². The van der Waals surface area contributed by atoms with Crippen molar-refractivity contribution >= 4 is 15.9 Å². The topological polar surface area (TPSA) is 3.24 Å². The molecule has 0 spiro atoms. The highest BCUT2D eigenvalue weighted by Gasteiger charge is 2.07. The number of nitrogens with zero attached hydrogens (tertiary/aromatic N) is 1. The van der Waals surface area contributed by atoms with Gasteiger partial charge in [0.25, 0.3) is 0 Å². The predicted octanol–water partition coefficient (Wildman–Crippen LogP) is 4.22. The van der Waals surface area contributed by atoms with Gasteiger partial charge in [-0.25, -0.2) is 0 Å². The predicted molar refractivity (Wildman–Crippen MR) is 80.0 cm³/mol. The molecule has 1 aromatic rings. The Morgan fingerprint density at radius 2 is 1.71 bits per heavy atom. The van der Waals surface area contributed by atoms with Crippen molar-refractivity contribution < 1.29 is 0 Å². The van der Waals surface area contributed by atoms with Gasteiger partial charge < -0.3 is 4.90 Å². The third-order valence-electron chi connectivity index (χ3n) is 3.18.